The Balaban J connectivity index is 1.81. The van der Waals surface area contributed by atoms with Gasteiger partial charge in [0, 0.05) is 32.7 Å². The molecule has 0 aromatic carbocycles. The Morgan fingerprint density at radius 2 is 1.96 bits per heavy atom. The fourth-order valence-corrected chi connectivity index (χ4v) is 4.48. The van der Waals surface area contributed by atoms with E-state index in [1.54, 1.807) is 0 Å². The van der Waals surface area contributed by atoms with E-state index in [1.807, 2.05) is 6.07 Å². The van der Waals surface area contributed by atoms with Gasteiger partial charge in [0.2, 0.25) is 5.88 Å². The monoisotopic (exact) mass is 400 g/mol. The Bertz CT molecular complexity index is 675. The summed E-state index contributed by atoms with van der Waals surface area (Å²) in [6, 6.07) is 4.51. The second kappa shape index (κ2) is 7.38. The van der Waals surface area contributed by atoms with Crippen LogP contribution in [0.25, 0.3) is 0 Å². The third-order valence-corrected chi connectivity index (χ3v) is 7.04. The largest absolute Gasteiger partial charge is 0.417 e. The van der Waals surface area contributed by atoms with Crippen molar-refractivity contribution in [1.82, 2.24) is 9.88 Å². The highest BCUT2D eigenvalue weighted by atomic mass is 28.3. The molecular weight excluding hydrogens is 370 g/mol. The van der Waals surface area contributed by atoms with Crippen LogP contribution in [0.2, 0.25) is 25.7 Å². The van der Waals surface area contributed by atoms with Crippen LogP contribution in [0.4, 0.5) is 8.78 Å². The number of nitrogens with zero attached hydrogens (tertiary/aromatic N) is 2. The van der Waals surface area contributed by atoms with Gasteiger partial charge in [-0.05, 0) is 17.7 Å². The Morgan fingerprint density at radius 3 is 2.52 bits per heavy atom. The van der Waals surface area contributed by atoms with Gasteiger partial charge in [-0.2, -0.15) is 8.78 Å². The Hall–Kier alpha value is -1.09. The third-order valence-electron chi connectivity index (χ3n) is 5.34. The minimum atomic E-state index is -2.88. The van der Waals surface area contributed by atoms with Gasteiger partial charge in [-0.1, -0.05) is 33.5 Å². The van der Waals surface area contributed by atoms with Crippen molar-refractivity contribution >= 4 is 8.07 Å². The molecule has 152 valence electrons. The molecule has 0 radical (unpaired) electrons. The van der Waals surface area contributed by atoms with Gasteiger partial charge in [0.15, 0.2) is 0 Å². The molecule has 3 heterocycles. The number of hydrogen-bond acceptors (Lipinski definition) is 5. The highest BCUT2D eigenvalue weighted by molar-refractivity contribution is 6.76. The molecule has 3 rings (SSSR count). The molecule has 1 spiro atoms. The molecule has 0 saturated carbocycles. The first-order valence-electron chi connectivity index (χ1n) is 9.41. The molecule has 0 atom stereocenters. The molecule has 27 heavy (non-hydrogen) atoms. The molecule has 5 nitrogen and oxygen atoms in total. The summed E-state index contributed by atoms with van der Waals surface area (Å²) in [7, 11) is -1.13. The number of fused-ring (bicyclic) bond motifs is 2. The van der Waals surface area contributed by atoms with Gasteiger partial charge < -0.3 is 14.2 Å². The lowest BCUT2D eigenvalue weighted by molar-refractivity contribution is -0.185. The maximum absolute atomic E-state index is 12.6. The van der Waals surface area contributed by atoms with Crippen LogP contribution in [-0.4, -0.2) is 57.7 Å². The lowest BCUT2D eigenvalue weighted by atomic mass is 9.72. The molecule has 0 N–H and O–H groups in total. The first kappa shape index (κ1) is 20.6. The third kappa shape index (κ3) is 4.34. The molecule has 1 aromatic heterocycles. The summed E-state index contributed by atoms with van der Waals surface area (Å²) >= 11 is 0. The lowest BCUT2D eigenvalue weighted by Gasteiger charge is -2.56. The maximum Gasteiger partial charge on any atom is 0.388 e. The first-order valence-corrected chi connectivity index (χ1v) is 13.1. The van der Waals surface area contributed by atoms with Gasteiger partial charge in [0.1, 0.15) is 0 Å². The molecule has 0 unspecified atom stereocenters. The zero-order chi connectivity index (χ0) is 19.9. The van der Waals surface area contributed by atoms with Crippen molar-refractivity contribution < 1.29 is 23.0 Å². The summed E-state index contributed by atoms with van der Waals surface area (Å²) in [6.07, 6.45) is 0. The van der Waals surface area contributed by atoms with Gasteiger partial charge in [-0.3, -0.25) is 4.90 Å². The molecule has 2 aliphatic rings. The molecule has 1 fully saturated rings. The number of ether oxygens (including phenoxy) is 3. The summed E-state index contributed by atoms with van der Waals surface area (Å²) in [5.74, 6) is -0.0351. The van der Waals surface area contributed by atoms with Crippen LogP contribution in [0.15, 0.2) is 12.1 Å². The average molecular weight is 401 g/mol. The van der Waals surface area contributed by atoms with Crippen LogP contribution >= 0.6 is 0 Å². The predicted molar refractivity (Wildman–Crippen MR) is 102 cm³/mol. The van der Waals surface area contributed by atoms with E-state index >= 15 is 0 Å². The summed E-state index contributed by atoms with van der Waals surface area (Å²) in [5.41, 5.74) is 1.24. The topological polar surface area (TPSA) is 43.8 Å². The molecular formula is C19H30F2N2O3Si. The van der Waals surface area contributed by atoms with Crippen LogP contribution in [0.5, 0.6) is 5.88 Å². The van der Waals surface area contributed by atoms with Gasteiger partial charge in [-0.15, -0.1) is 0 Å². The van der Waals surface area contributed by atoms with E-state index in [0.29, 0.717) is 19.9 Å². The van der Waals surface area contributed by atoms with E-state index in [2.05, 4.69) is 48.1 Å². The zero-order valence-corrected chi connectivity index (χ0v) is 17.8. The van der Waals surface area contributed by atoms with Crippen LogP contribution in [-0.2, 0) is 20.4 Å². The number of rotatable bonds is 7. The standard InChI is InChI=1S/C19H30F2N2O3Si/c1-18(2)10-23(13-24-8-9-27(3,4)5)19(11-25-12-19)14-6-7-15(22-16(14)18)26-17(20)21/h6-7,17H,8-13H2,1-5H3. The lowest BCUT2D eigenvalue weighted by Crippen LogP contribution is -2.65. The highest BCUT2D eigenvalue weighted by Crippen LogP contribution is 2.46. The summed E-state index contributed by atoms with van der Waals surface area (Å²) < 4.78 is 41.3. The van der Waals surface area contributed by atoms with E-state index in [4.69, 9.17) is 9.47 Å². The van der Waals surface area contributed by atoms with Crippen LogP contribution < -0.4 is 4.74 Å². The second-order valence-corrected chi connectivity index (χ2v) is 15.0. The predicted octanol–water partition coefficient (Wildman–Crippen LogP) is 3.81. The van der Waals surface area contributed by atoms with Crippen molar-refractivity contribution in [2.45, 2.75) is 57.1 Å². The number of pyridine rings is 1. The van der Waals surface area contributed by atoms with Gasteiger partial charge in [0.25, 0.3) is 0 Å². The van der Waals surface area contributed by atoms with Crippen molar-refractivity contribution in [3.8, 4) is 5.88 Å². The van der Waals surface area contributed by atoms with Crippen molar-refractivity contribution in [3.05, 3.63) is 23.4 Å². The van der Waals surface area contributed by atoms with E-state index in [0.717, 1.165) is 30.5 Å². The summed E-state index contributed by atoms with van der Waals surface area (Å²) in [4.78, 5) is 6.74. The van der Waals surface area contributed by atoms with Crippen molar-refractivity contribution in [3.63, 3.8) is 0 Å². The smallest absolute Gasteiger partial charge is 0.388 e. The minimum absolute atomic E-state index is 0.0351. The fourth-order valence-electron chi connectivity index (χ4n) is 3.72. The Kier molecular flexibility index (Phi) is 5.64. The van der Waals surface area contributed by atoms with E-state index in [9.17, 15) is 8.78 Å². The number of aromatic nitrogens is 1. The SMILES string of the molecule is CC1(C)CN(COCC[Si](C)(C)C)C2(COC2)c2ccc(OC(F)F)nc21. The molecule has 1 aromatic rings. The van der Waals surface area contributed by atoms with E-state index in [-0.39, 0.29) is 16.8 Å². The van der Waals surface area contributed by atoms with Gasteiger partial charge >= 0.3 is 6.61 Å². The molecule has 0 bridgehead atoms. The average Bonchev–Trinajstić information content (AvgIpc) is 2.49. The first-order chi connectivity index (χ1) is 12.5. The van der Waals surface area contributed by atoms with Crippen LogP contribution in [0, 0.1) is 0 Å². The quantitative estimate of drug-likeness (QED) is 0.514. The number of alkyl halides is 2. The Labute approximate surface area is 161 Å². The van der Waals surface area contributed by atoms with Crippen molar-refractivity contribution in [2.24, 2.45) is 0 Å². The van der Waals surface area contributed by atoms with Crippen LogP contribution in [0.1, 0.15) is 25.1 Å². The highest BCUT2D eigenvalue weighted by Gasteiger charge is 2.53. The van der Waals surface area contributed by atoms with Gasteiger partial charge in [0.05, 0.1) is 31.2 Å². The summed E-state index contributed by atoms with van der Waals surface area (Å²) in [5, 5.41) is 0. The summed E-state index contributed by atoms with van der Waals surface area (Å²) in [6.45, 7) is 11.4. The molecule has 0 aliphatic carbocycles. The minimum Gasteiger partial charge on any atom is -0.417 e. The normalized spacial score (nSPS) is 21.2. The van der Waals surface area contributed by atoms with Crippen molar-refractivity contribution in [2.75, 3.05) is 33.1 Å². The molecule has 1 saturated heterocycles. The molecule has 8 heteroatoms. The Morgan fingerprint density at radius 1 is 1.26 bits per heavy atom. The fraction of sp³-hybridized carbons (Fsp3) is 0.737. The number of halogens is 2. The molecule has 2 aliphatic heterocycles. The van der Waals surface area contributed by atoms with Crippen molar-refractivity contribution in [1.29, 1.82) is 0 Å². The van der Waals surface area contributed by atoms with Gasteiger partial charge in [-0.25, -0.2) is 4.98 Å². The van der Waals surface area contributed by atoms with Crippen LogP contribution in [0.3, 0.4) is 0 Å². The second-order valence-electron chi connectivity index (χ2n) is 9.38. The van der Waals surface area contributed by atoms with E-state index in [1.165, 1.54) is 6.07 Å². The van der Waals surface area contributed by atoms with E-state index < -0.39 is 14.7 Å². The zero-order valence-electron chi connectivity index (χ0n) is 16.8. The molecule has 0 amide bonds. The maximum atomic E-state index is 12.6. The number of hydrogen-bond donors (Lipinski definition) is 0.